The zero-order chi connectivity index (χ0) is 22.5. The number of benzene rings is 2. The molecular weight excluding hydrogens is 404 g/mol. The first-order valence-electron chi connectivity index (χ1n) is 9.36. The lowest BCUT2D eigenvalue weighted by molar-refractivity contribution is 0.0841. The van der Waals surface area contributed by atoms with Gasteiger partial charge in [0.2, 0.25) is 5.75 Å². The van der Waals surface area contributed by atoms with Gasteiger partial charge in [-0.25, -0.2) is 4.68 Å². The monoisotopic (exact) mass is 426 g/mol. The fourth-order valence-electron chi connectivity index (χ4n) is 3.14. The largest absolute Gasteiger partial charge is 0.493 e. The molecule has 3 rings (SSSR count). The fourth-order valence-corrected chi connectivity index (χ4v) is 3.14. The first-order valence-corrected chi connectivity index (χ1v) is 9.36. The molecule has 2 amide bonds. The highest BCUT2D eigenvalue weighted by atomic mass is 16.5. The molecule has 0 aliphatic rings. The number of carbonyl (C=O) groups excluding carboxylic acids is 2. The van der Waals surface area contributed by atoms with Crippen molar-refractivity contribution in [2.24, 2.45) is 0 Å². The molecule has 2 aromatic carbocycles. The lowest BCUT2D eigenvalue weighted by Gasteiger charge is -2.16. The van der Waals surface area contributed by atoms with E-state index in [1.54, 1.807) is 37.3 Å². The molecule has 1 aromatic heterocycles. The van der Waals surface area contributed by atoms with Gasteiger partial charge in [0.15, 0.2) is 17.2 Å². The highest BCUT2D eigenvalue weighted by molar-refractivity contribution is 6.06. The molecule has 1 heterocycles. The van der Waals surface area contributed by atoms with E-state index in [0.717, 1.165) is 0 Å². The van der Waals surface area contributed by atoms with Gasteiger partial charge in [0.25, 0.3) is 17.4 Å². The summed E-state index contributed by atoms with van der Waals surface area (Å²) in [6, 6.07) is 9.67. The molecule has 3 aromatic rings. The summed E-state index contributed by atoms with van der Waals surface area (Å²) in [4.78, 5) is 37.9. The molecule has 0 aliphatic heterocycles. The van der Waals surface area contributed by atoms with E-state index in [1.165, 1.54) is 32.1 Å². The van der Waals surface area contributed by atoms with E-state index in [0.29, 0.717) is 23.1 Å². The number of nitrogens with zero attached hydrogens (tertiary/aromatic N) is 2. The summed E-state index contributed by atoms with van der Waals surface area (Å²) in [5, 5.41) is 4.87. The van der Waals surface area contributed by atoms with Crippen LogP contribution in [0.4, 0.5) is 0 Å². The van der Waals surface area contributed by atoms with Gasteiger partial charge in [0, 0.05) is 11.9 Å². The van der Waals surface area contributed by atoms with Crippen LogP contribution in [0.2, 0.25) is 0 Å². The molecule has 0 atom stereocenters. The number of hydrogen-bond acceptors (Lipinski definition) is 7. The average molecular weight is 426 g/mol. The summed E-state index contributed by atoms with van der Waals surface area (Å²) in [5.41, 5.74) is 4.50. The summed E-state index contributed by atoms with van der Waals surface area (Å²) in [6.45, 7) is 2.04. The molecule has 0 fully saturated rings. The van der Waals surface area contributed by atoms with Gasteiger partial charge >= 0.3 is 0 Å². The SMILES string of the molecule is CCn1nc(C(=O)NNC(=O)c2ccc(OC)c(OC)c2OC)c2ccccc2c1=O. The summed E-state index contributed by atoms with van der Waals surface area (Å²) in [6.07, 6.45) is 0. The standard InChI is InChI=1S/C21H22N4O6/c1-5-25-21(28)13-9-7-6-8-12(13)16(24-25)20(27)23-22-19(26)14-10-11-15(29-2)18(31-4)17(14)30-3/h6-11H,5H2,1-4H3,(H,22,26)(H,23,27). The van der Waals surface area contributed by atoms with Crippen molar-refractivity contribution in [1.29, 1.82) is 0 Å². The van der Waals surface area contributed by atoms with Crippen LogP contribution in [0, 0.1) is 0 Å². The Labute approximate surface area is 177 Å². The van der Waals surface area contributed by atoms with Crippen molar-refractivity contribution in [3.8, 4) is 17.2 Å². The minimum absolute atomic E-state index is 0.0108. The molecule has 0 aliphatic carbocycles. The number of carbonyl (C=O) groups is 2. The lowest BCUT2D eigenvalue weighted by atomic mass is 10.1. The van der Waals surface area contributed by atoms with Crippen molar-refractivity contribution in [2.75, 3.05) is 21.3 Å². The summed E-state index contributed by atoms with van der Waals surface area (Å²) in [5.74, 6) is -0.536. The van der Waals surface area contributed by atoms with Gasteiger partial charge in [-0.05, 0) is 25.1 Å². The Kier molecular flexibility index (Phi) is 6.39. The van der Waals surface area contributed by atoms with Gasteiger partial charge < -0.3 is 14.2 Å². The van der Waals surface area contributed by atoms with E-state index in [2.05, 4.69) is 16.0 Å². The number of fused-ring (bicyclic) bond motifs is 1. The van der Waals surface area contributed by atoms with E-state index >= 15 is 0 Å². The van der Waals surface area contributed by atoms with Crippen LogP contribution in [-0.2, 0) is 6.54 Å². The van der Waals surface area contributed by atoms with Crippen molar-refractivity contribution in [3.63, 3.8) is 0 Å². The van der Waals surface area contributed by atoms with Crippen LogP contribution < -0.4 is 30.6 Å². The lowest BCUT2D eigenvalue weighted by Crippen LogP contribution is -2.43. The van der Waals surface area contributed by atoms with Crippen molar-refractivity contribution < 1.29 is 23.8 Å². The molecule has 0 radical (unpaired) electrons. The van der Waals surface area contributed by atoms with Crippen LogP contribution in [0.15, 0.2) is 41.2 Å². The van der Waals surface area contributed by atoms with E-state index in [4.69, 9.17) is 14.2 Å². The van der Waals surface area contributed by atoms with Gasteiger partial charge in [0.1, 0.15) is 0 Å². The minimum Gasteiger partial charge on any atom is -0.493 e. The molecule has 10 heteroatoms. The predicted molar refractivity (Wildman–Crippen MR) is 113 cm³/mol. The maximum Gasteiger partial charge on any atom is 0.290 e. The number of ether oxygens (including phenoxy) is 3. The van der Waals surface area contributed by atoms with Crippen molar-refractivity contribution in [3.05, 3.63) is 58.0 Å². The Hall–Kier alpha value is -4.08. The second kappa shape index (κ2) is 9.16. The van der Waals surface area contributed by atoms with Crippen LogP contribution >= 0.6 is 0 Å². The number of hydrazine groups is 1. The third-order valence-corrected chi connectivity index (χ3v) is 4.62. The van der Waals surface area contributed by atoms with Crippen molar-refractivity contribution >= 4 is 22.6 Å². The second-order valence-corrected chi connectivity index (χ2v) is 6.31. The molecular formula is C21H22N4O6. The van der Waals surface area contributed by atoms with Crippen LogP contribution in [0.3, 0.4) is 0 Å². The maximum atomic E-state index is 12.8. The van der Waals surface area contributed by atoms with Gasteiger partial charge in [0.05, 0.1) is 32.3 Å². The van der Waals surface area contributed by atoms with Crippen molar-refractivity contribution in [2.45, 2.75) is 13.5 Å². The highest BCUT2D eigenvalue weighted by Crippen LogP contribution is 2.39. The minimum atomic E-state index is -0.675. The number of aryl methyl sites for hydroxylation is 1. The maximum absolute atomic E-state index is 12.8. The molecule has 162 valence electrons. The molecule has 0 unspecified atom stereocenters. The fraction of sp³-hybridized carbons (Fsp3) is 0.238. The third-order valence-electron chi connectivity index (χ3n) is 4.62. The van der Waals surface area contributed by atoms with Crippen LogP contribution in [0.5, 0.6) is 17.2 Å². The zero-order valence-electron chi connectivity index (χ0n) is 17.5. The number of rotatable bonds is 6. The van der Waals surface area contributed by atoms with Crippen LogP contribution in [0.1, 0.15) is 27.8 Å². The van der Waals surface area contributed by atoms with E-state index < -0.39 is 11.8 Å². The Morgan fingerprint density at radius 1 is 0.903 bits per heavy atom. The molecule has 0 saturated carbocycles. The number of amides is 2. The molecule has 31 heavy (non-hydrogen) atoms. The summed E-state index contributed by atoms with van der Waals surface area (Å²) < 4.78 is 17.0. The van der Waals surface area contributed by atoms with E-state index in [-0.39, 0.29) is 28.3 Å². The Morgan fingerprint density at radius 3 is 2.16 bits per heavy atom. The molecule has 0 saturated heterocycles. The van der Waals surface area contributed by atoms with Crippen molar-refractivity contribution in [1.82, 2.24) is 20.6 Å². The number of hydrogen-bond donors (Lipinski definition) is 2. The second-order valence-electron chi connectivity index (χ2n) is 6.31. The normalized spacial score (nSPS) is 10.5. The number of methoxy groups -OCH3 is 3. The molecule has 0 spiro atoms. The Balaban J connectivity index is 1.89. The number of aromatic nitrogens is 2. The first-order chi connectivity index (χ1) is 15.0. The quantitative estimate of drug-likeness (QED) is 0.573. The highest BCUT2D eigenvalue weighted by Gasteiger charge is 2.22. The zero-order valence-corrected chi connectivity index (χ0v) is 17.5. The van der Waals surface area contributed by atoms with Gasteiger partial charge in [-0.15, -0.1) is 0 Å². The molecule has 2 N–H and O–H groups in total. The summed E-state index contributed by atoms with van der Waals surface area (Å²) >= 11 is 0. The number of nitrogens with one attached hydrogen (secondary N) is 2. The molecule has 10 nitrogen and oxygen atoms in total. The Bertz CT molecular complexity index is 1200. The van der Waals surface area contributed by atoms with Crippen LogP contribution in [0.25, 0.3) is 10.8 Å². The van der Waals surface area contributed by atoms with E-state index in [9.17, 15) is 14.4 Å². The van der Waals surface area contributed by atoms with Gasteiger partial charge in [-0.2, -0.15) is 5.10 Å². The van der Waals surface area contributed by atoms with Crippen LogP contribution in [-0.4, -0.2) is 42.9 Å². The van der Waals surface area contributed by atoms with E-state index in [1.807, 2.05) is 0 Å². The topological polar surface area (TPSA) is 121 Å². The summed E-state index contributed by atoms with van der Waals surface area (Å²) in [7, 11) is 4.27. The smallest absolute Gasteiger partial charge is 0.290 e. The average Bonchev–Trinajstić information content (AvgIpc) is 2.81. The molecule has 0 bridgehead atoms. The Morgan fingerprint density at radius 2 is 1.55 bits per heavy atom. The van der Waals surface area contributed by atoms with Gasteiger partial charge in [-0.3, -0.25) is 25.2 Å². The first kappa shape index (κ1) is 21.6. The van der Waals surface area contributed by atoms with Gasteiger partial charge in [-0.1, -0.05) is 18.2 Å². The predicted octanol–water partition coefficient (Wildman–Crippen LogP) is 1.52. The third kappa shape index (κ3) is 4.00.